The lowest BCUT2D eigenvalue weighted by molar-refractivity contribution is -0.0832. The lowest BCUT2D eigenvalue weighted by Gasteiger charge is -2.28. The van der Waals surface area contributed by atoms with E-state index >= 15 is 0 Å². The van der Waals surface area contributed by atoms with Crippen LogP contribution in [-0.2, 0) is 18.2 Å². The number of benzene rings is 2. The number of aliphatic hydroxyl groups is 1. The average molecular weight is 355 g/mol. The normalized spacial score (nSPS) is 18.7. The summed E-state index contributed by atoms with van der Waals surface area (Å²) in [6.45, 7) is 1.78. The van der Waals surface area contributed by atoms with E-state index in [1.807, 2.05) is 23.7 Å². The average Bonchev–Trinajstić information content (AvgIpc) is 3.03. The molecule has 6 nitrogen and oxygen atoms in total. The number of para-hydroxylation sites is 1. The number of hydrogen-bond acceptors (Lipinski definition) is 5. The van der Waals surface area contributed by atoms with Gasteiger partial charge in [-0.25, -0.2) is 0 Å². The largest absolute Gasteiger partial charge is 0.507 e. The van der Waals surface area contributed by atoms with Crippen molar-refractivity contribution in [2.45, 2.75) is 25.0 Å². The predicted octanol–water partition coefficient (Wildman–Crippen LogP) is 2.10. The summed E-state index contributed by atoms with van der Waals surface area (Å²) in [7, 11) is 3.39. The number of hydrogen-bond donors (Lipinski definition) is 2. The third-order valence-corrected chi connectivity index (χ3v) is 5.21. The zero-order chi connectivity index (χ0) is 18.6. The minimum absolute atomic E-state index is 0.114. The standard InChI is InChI=1S/C20H21NO5/c1-20(24,10-25-3)16-8-12-15(26-16)9-14(22)17-18(12)21(2)13-7-5-4-6-11(13)19(17)23/h4-7,9,16,22,24H,8,10H2,1-3H3/t16-,20+/m0/s1. The number of aromatic nitrogens is 1. The lowest BCUT2D eigenvalue weighted by atomic mass is 9.94. The van der Waals surface area contributed by atoms with Crippen molar-refractivity contribution >= 4 is 21.8 Å². The molecule has 0 amide bonds. The highest BCUT2D eigenvalue weighted by Crippen LogP contribution is 2.41. The molecule has 2 N–H and O–H groups in total. The van der Waals surface area contributed by atoms with E-state index in [0.717, 1.165) is 11.1 Å². The number of phenolic OH excluding ortho intramolecular Hbond substituents is 1. The van der Waals surface area contributed by atoms with Crippen LogP contribution in [0.15, 0.2) is 35.1 Å². The molecule has 6 heteroatoms. The number of fused-ring (bicyclic) bond motifs is 4. The van der Waals surface area contributed by atoms with Gasteiger partial charge in [0.1, 0.15) is 23.2 Å². The maximum absolute atomic E-state index is 13.0. The maximum atomic E-state index is 13.0. The summed E-state index contributed by atoms with van der Waals surface area (Å²) in [6, 6.07) is 8.78. The molecule has 1 aliphatic rings. The van der Waals surface area contributed by atoms with Crippen LogP contribution in [0.3, 0.4) is 0 Å². The molecule has 0 radical (unpaired) electrons. The molecule has 0 bridgehead atoms. The highest BCUT2D eigenvalue weighted by molar-refractivity contribution is 5.99. The Hall–Kier alpha value is -2.57. The predicted molar refractivity (Wildman–Crippen MR) is 99.0 cm³/mol. The molecule has 2 aromatic carbocycles. The van der Waals surface area contributed by atoms with Crippen LogP contribution < -0.4 is 10.2 Å². The minimum atomic E-state index is -1.19. The molecular formula is C20H21NO5. The van der Waals surface area contributed by atoms with E-state index in [-0.39, 0.29) is 23.2 Å². The van der Waals surface area contributed by atoms with E-state index in [4.69, 9.17) is 9.47 Å². The van der Waals surface area contributed by atoms with Crippen LogP contribution in [0, 0.1) is 0 Å². The van der Waals surface area contributed by atoms with Crippen LogP contribution in [0.5, 0.6) is 11.5 Å². The lowest BCUT2D eigenvalue weighted by Crippen LogP contribution is -2.46. The summed E-state index contributed by atoms with van der Waals surface area (Å²) in [6.07, 6.45) is -0.0994. The molecule has 1 aliphatic heterocycles. The number of ether oxygens (including phenoxy) is 2. The second kappa shape index (κ2) is 5.72. The first-order valence-electron chi connectivity index (χ1n) is 8.49. The van der Waals surface area contributed by atoms with Gasteiger partial charge >= 0.3 is 0 Å². The van der Waals surface area contributed by atoms with Crippen molar-refractivity contribution in [1.82, 2.24) is 4.57 Å². The highest BCUT2D eigenvalue weighted by Gasteiger charge is 2.40. The van der Waals surface area contributed by atoms with Gasteiger partial charge in [-0.2, -0.15) is 0 Å². The van der Waals surface area contributed by atoms with E-state index < -0.39 is 11.7 Å². The molecule has 0 unspecified atom stereocenters. The molecule has 3 aromatic rings. The molecule has 2 heterocycles. The van der Waals surface area contributed by atoms with Crippen LogP contribution in [-0.4, -0.2) is 40.2 Å². The summed E-state index contributed by atoms with van der Waals surface area (Å²) >= 11 is 0. The van der Waals surface area contributed by atoms with E-state index in [0.29, 0.717) is 23.1 Å². The number of pyridine rings is 1. The van der Waals surface area contributed by atoms with Gasteiger partial charge in [0, 0.05) is 37.6 Å². The second-order valence-electron chi connectivity index (χ2n) is 7.10. The van der Waals surface area contributed by atoms with Crippen molar-refractivity contribution in [3.8, 4) is 11.5 Å². The topological polar surface area (TPSA) is 80.9 Å². The molecule has 0 saturated carbocycles. The van der Waals surface area contributed by atoms with Crippen LogP contribution in [0.2, 0.25) is 0 Å². The van der Waals surface area contributed by atoms with Gasteiger partial charge in [-0.1, -0.05) is 12.1 Å². The Labute approximate surface area is 150 Å². The first-order chi connectivity index (χ1) is 12.3. The summed E-state index contributed by atoms with van der Waals surface area (Å²) < 4.78 is 12.9. The number of nitrogens with zero attached hydrogens (tertiary/aromatic N) is 1. The van der Waals surface area contributed by atoms with Gasteiger partial charge in [0.25, 0.3) is 0 Å². The van der Waals surface area contributed by atoms with Crippen molar-refractivity contribution in [3.05, 3.63) is 46.1 Å². The Morgan fingerprint density at radius 2 is 2.12 bits per heavy atom. The van der Waals surface area contributed by atoms with E-state index in [9.17, 15) is 15.0 Å². The summed E-state index contributed by atoms with van der Waals surface area (Å²) in [5.74, 6) is 0.374. The number of phenols is 1. The van der Waals surface area contributed by atoms with Gasteiger partial charge in [-0.15, -0.1) is 0 Å². The Morgan fingerprint density at radius 1 is 1.38 bits per heavy atom. The summed E-state index contributed by atoms with van der Waals surface area (Å²) in [5, 5.41) is 22.0. The number of methoxy groups -OCH3 is 1. The van der Waals surface area contributed by atoms with E-state index in [2.05, 4.69) is 0 Å². The van der Waals surface area contributed by atoms with Gasteiger partial charge < -0.3 is 24.3 Å². The number of aryl methyl sites for hydroxylation is 1. The Bertz CT molecular complexity index is 1080. The van der Waals surface area contributed by atoms with Crippen molar-refractivity contribution < 1.29 is 19.7 Å². The summed E-state index contributed by atoms with van der Waals surface area (Å²) in [4.78, 5) is 13.0. The molecular weight excluding hydrogens is 334 g/mol. The van der Waals surface area contributed by atoms with Crippen molar-refractivity contribution in [1.29, 1.82) is 0 Å². The quantitative estimate of drug-likeness (QED) is 0.703. The zero-order valence-electron chi connectivity index (χ0n) is 14.9. The third-order valence-electron chi connectivity index (χ3n) is 5.21. The van der Waals surface area contributed by atoms with Crippen LogP contribution in [0.25, 0.3) is 21.8 Å². The second-order valence-corrected chi connectivity index (χ2v) is 7.10. The molecule has 0 aliphatic carbocycles. The Kier molecular flexibility index (Phi) is 3.71. The van der Waals surface area contributed by atoms with Crippen LogP contribution in [0.1, 0.15) is 12.5 Å². The molecule has 1 aromatic heterocycles. The molecule has 2 atom stereocenters. The molecule has 26 heavy (non-hydrogen) atoms. The molecule has 0 saturated heterocycles. The number of aromatic hydroxyl groups is 1. The maximum Gasteiger partial charge on any atom is 0.200 e. The molecule has 136 valence electrons. The van der Waals surface area contributed by atoms with Crippen molar-refractivity contribution in [2.75, 3.05) is 13.7 Å². The highest BCUT2D eigenvalue weighted by atomic mass is 16.5. The van der Waals surface area contributed by atoms with Crippen LogP contribution >= 0.6 is 0 Å². The van der Waals surface area contributed by atoms with Crippen LogP contribution in [0.4, 0.5) is 0 Å². The Morgan fingerprint density at radius 3 is 2.85 bits per heavy atom. The fourth-order valence-corrected chi connectivity index (χ4v) is 3.89. The van der Waals surface area contributed by atoms with Gasteiger partial charge in [-0.3, -0.25) is 4.79 Å². The first-order valence-corrected chi connectivity index (χ1v) is 8.49. The summed E-state index contributed by atoms with van der Waals surface area (Å²) in [5.41, 5.74) is 0.834. The van der Waals surface area contributed by atoms with Gasteiger partial charge in [0.05, 0.1) is 23.0 Å². The molecule has 4 rings (SSSR count). The minimum Gasteiger partial charge on any atom is -0.507 e. The SMILES string of the molecule is COC[C@@](C)(O)[C@@H]1Cc2c(cc(O)c3c(=O)c4ccccc4n(C)c23)O1. The van der Waals surface area contributed by atoms with Crippen molar-refractivity contribution in [2.24, 2.45) is 7.05 Å². The fraction of sp³-hybridized carbons (Fsp3) is 0.350. The van der Waals surface area contributed by atoms with Gasteiger partial charge in [0.15, 0.2) is 0 Å². The van der Waals surface area contributed by atoms with Gasteiger partial charge in [-0.05, 0) is 19.1 Å². The fourth-order valence-electron chi connectivity index (χ4n) is 3.89. The third kappa shape index (κ3) is 2.29. The van der Waals surface area contributed by atoms with E-state index in [1.54, 1.807) is 19.1 Å². The van der Waals surface area contributed by atoms with Crippen molar-refractivity contribution in [3.63, 3.8) is 0 Å². The first kappa shape index (κ1) is 16.9. The van der Waals surface area contributed by atoms with E-state index in [1.165, 1.54) is 13.2 Å². The Balaban J connectivity index is 2.01. The molecule has 0 spiro atoms. The number of rotatable bonds is 3. The molecule has 0 fully saturated rings. The smallest absolute Gasteiger partial charge is 0.200 e. The van der Waals surface area contributed by atoms with Gasteiger partial charge in [0.2, 0.25) is 5.43 Å². The zero-order valence-corrected chi connectivity index (χ0v) is 14.9. The monoisotopic (exact) mass is 355 g/mol.